The summed E-state index contributed by atoms with van der Waals surface area (Å²) in [7, 11) is 0. The summed E-state index contributed by atoms with van der Waals surface area (Å²) in [5.74, 6) is 0.686. The Kier molecular flexibility index (Phi) is 4.58. The van der Waals surface area contributed by atoms with E-state index in [2.05, 4.69) is 68.4 Å². The van der Waals surface area contributed by atoms with Crippen LogP contribution in [-0.2, 0) is 6.42 Å². The third kappa shape index (κ3) is 3.22. The molecule has 0 fully saturated rings. The molecule has 1 unspecified atom stereocenters. The molecule has 1 atom stereocenters. The predicted molar refractivity (Wildman–Crippen MR) is 79.0 cm³/mol. The van der Waals surface area contributed by atoms with Gasteiger partial charge in [0.25, 0.3) is 0 Å². The minimum atomic E-state index is 0.686. The predicted octanol–water partition coefficient (Wildman–Crippen LogP) is 5.12. The van der Waals surface area contributed by atoms with Crippen LogP contribution in [0.3, 0.4) is 0 Å². The lowest BCUT2D eigenvalue weighted by Gasteiger charge is -2.16. The minimum absolute atomic E-state index is 0.686. The number of rotatable bonds is 5. The number of aryl methyl sites for hydroxylation is 2. The fraction of sp³-hybridized carbons (Fsp3) is 0.333. The lowest BCUT2D eigenvalue weighted by Crippen LogP contribution is -2.00. The van der Waals surface area contributed by atoms with Crippen LogP contribution < -0.4 is 0 Å². The molecule has 0 spiro atoms. The monoisotopic (exact) mass is 238 g/mol. The highest BCUT2D eigenvalue weighted by Gasteiger charge is 2.09. The van der Waals surface area contributed by atoms with Crippen LogP contribution >= 0.6 is 0 Å². The van der Waals surface area contributed by atoms with E-state index in [0.29, 0.717) is 5.92 Å². The third-order valence-electron chi connectivity index (χ3n) is 3.79. The SMILES string of the molecule is CCC(CCc1ccccc1C)c1ccccc1. The van der Waals surface area contributed by atoms with Crippen LogP contribution in [0, 0.1) is 6.92 Å². The Bertz CT molecular complexity index is 470. The molecule has 0 bridgehead atoms. The van der Waals surface area contributed by atoms with Crippen LogP contribution in [0.4, 0.5) is 0 Å². The fourth-order valence-corrected chi connectivity index (χ4v) is 2.55. The normalized spacial score (nSPS) is 12.3. The van der Waals surface area contributed by atoms with Gasteiger partial charge in [-0.2, -0.15) is 0 Å². The Hall–Kier alpha value is -1.56. The standard InChI is InChI=1S/C18H22/c1-3-16(18-11-5-4-6-12-18)13-14-17-10-8-7-9-15(17)2/h4-12,16H,3,13-14H2,1-2H3. The lowest BCUT2D eigenvalue weighted by atomic mass is 9.89. The smallest absolute Gasteiger partial charge is 0.0161 e. The van der Waals surface area contributed by atoms with Crippen molar-refractivity contribution in [3.8, 4) is 0 Å². The molecular formula is C18H22. The van der Waals surface area contributed by atoms with E-state index < -0.39 is 0 Å². The van der Waals surface area contributed by atoms with E-state index in [-0.39, 0.29) is 0 Å². The summed E-state index contributed by atoms with van der Waals surface area (Å²) in [5.41, 5.74) is 4.39. The molecule has 2 aromatic carbocycles. The second kappa shape index (κ2) is 6.39. The molecule has 0 saturated carbocycles. The lowest BCUT2D eigenvalue weighted by molar-refractivity contribution is 0.605. The van der Waals surface area contributed by atoms with Crippen molar-refractivity contribution in [2.75, 3.05) is 0 Å². The molecule has 18 heavy (non-hydrogen) atoms. The maximum atomic E-state index is 2.29. The van der Waals surface area contributed by atoms with Gasteiger partial charge in [0.1, 0.15) is 0 Å². The molecule has 0 heterocycles. The maximum Gasteiger partial charge on any atom is -0.0161 e. The first-order valence-electron chi connectivity index (χ1n) is 6.90. The average Bonchev–Trinajstić information content (AvgIpc) is 2.42. The van der Waals surface area contributed by atoms with Crippen molar-refractivity contribution in [3.63, 3.8) is 0 Å². The topological polar surface area (TPSA) is 0 Å². The van der Waals surface area contributed by atoms with E-state index in [9.17, 15) is 0 Å². The third-order valence-corrected chi connectivity index (χ3v) is 3.79. The summed E-state index contributed by atoms with van der Waals surface area (Å²) in [5, 5.41) is 0. The molecule has 0 radical (unpaired) electrons. The van der Waals surface area contributed by atoms with E-state index in [1.54, 1.807) is 0 Å². The summed E-state index contributed by atoms with van der Waals surface area (Å²) in [6, 6.07) is 19.6. The van der Waals surface area contributed by atoms with Crippen molar-refractivity contribution in [1.82, 2.24) is 0 Å². The van der Waals surface area contributed by atoms with Gasteiger partial charge < -0.3 is 0 Å². The summed E-state index contributed by atoms with van der Waals surface area (Å²) in [4.78, 5) is 0. The van der Waals surface area contributed by atoms with Gasteiger partial charge in [0, 0.05) is 0 Å². The van der Waals surface area contributed by atoms with Gasteiger partial charge in [-0.15, -0.1) is 0 Å². The van der Waals surface area contributed by atoms with E-state index in [1.165, 1.54) is 36.0 Å². The minimum Gasteiger partial charge on any atom is -0.0648 e. The molecule has 0 amide bonds. The van der Waals surface area contributed by atoms with Crippen LogP contribution in [0.5, 0.6) is 0 Å². The number of hydrogen-bond acceptors (Lipinski definition) is 0. The Balaban J connectivity index is 2.02. The summed E-state index contributed by atoms with van der Waals surface area (Å²) in [6.45, 7) is 4.49. The van der Waals surface area contributed by atoms with Crippen molar-refractivity contribution in [1.29, 1.82) is 0 Å². The van der Waals surface area contributed by atoms with Crippen molar-refractivity contribution < 1.29 is 0 Å². The average molecular weight is 238 g/mol. The Labute approximate surface area is 111 Å². The van der Waals surface area contributed by atoms with Crippen LogP contribution in [0.25, 0.3) is 0 Å². The van der Waals surface area contributed by atoms with E-state index in [1.807, 2.05) is 0 Å². The summed E-state index contributed by atoms with van der Waals surface area (Å²) >= 11 is 0. The Morgan fingerprint density at radius 1 is 0.889 bits per heavy atom. The molecule has 0 aliphatic heterocycles. The zero-order valence-corrected chi connectivity index (χ0v) is 11.4. The van der Waals surface area contributed by atoms with Gasteiger partial charge in [0.15, 0.2) is 0 Å². The first-order valence-corrected chi connectivity index (χ1v) is 6.90. The van der Waals surface area contributed by atoms with Crippen molar-refractivity contribution in [3.05, 3.63) is 71.3 Å². The van der Waals surface area contributed by atoms with E-state index in [4.69, 9.17) is 0 Å². The zero-order chi connectivity index (χ0) is 12.8. The van der Waals surface area contributed by atoms with Crippen LogP contribution in [0.1, 0.15) is 42.4 Å². The first-order chi connectivity index (χ1) is 8.81. The molecule has 0 heteroatoms. The molecule has 0 aliphatic carbocycles. The van der Waals surface area contributed by atoms with Crippen molar-refractivity contribution >= 4 is 0 Å². The van der Waals surface area contributed by atoms with Crippen LogP contribution in [0.2, 0.25) is 0 Å². The highest BCUT2D eigenvalue weighted by Crippen LogP contribution is 2.25. The van der Waals surface area contributed by atoms with Crippen molar-refractivity contribution in [2.45, 2.75) is 39.0 Å². The van der Waals surface area contributed by atoms with Gasteiger partial charge in [-0.05, 0) is 48.8 Å². The molecule has 0 saturated heterocycles. The van der Waals surface area contributed by atoms with Gasteiger partial charge in [-0.25, -0.2) is 0 Å². The Morgan fingerprint density at radius 2 is 1.56 bits per heavy atom. The fourth-order valence-electron chi connectivity index (χ4n) is 2.55. The van der Waals surface area contributed by atoms with Crippen LogP contribution in [0.15, 0.2) is 54.6 Å². The second-order valence-electron chi connectivity index (χ2n) is 4.98. The number of hydrogen-bond donors (Lipinski definition) is 0. The highest BCUT2D eigenvalue weighted by molar-refractivity contribution is 5.26. The quantitative estimate of drug-likeness (QED) is 0.678. The largest absolute Gasteiger partial charge is 0.0648 e. The summed E-state index contributed by atoms with van der Waals surface area (Å²) in [6.07, 6.45) is 3.64. The zero-order valence-electron chi connectivity index (χ0n) is 11.4. The number of benzene rings is 2. The van der Waals surface area contributed by atoms with Gasteiger partial charge in [0.05, 0.1) is 0 Å². The van der Waals surface area contributed by atoms with Gasteiger partial charge in [0.2, 0.25) is 0 Å². The molecule has 0 aromatic heterocycles. The molecule has 94 valence electrons. The molecule has 0 nitrogen and oxygen atoms in total. The molecule has 2 rings (SSSR count). The van der Waals surface area contributed by atoms with E-state index >= 15 is 0 Å². The first kappa shape index (κ1) is 12.9. The molecule has 0 N–H and O–H groups in total. The summed E-state index contributed by atoms with van der Waals surface area (Å²) < 4.78 is 0. The molecular weight excluding hydrogens is 216 g/mol. The molecule has 2 aromatic rings. The molecule has 0 aliphatic rings. The van der Waals surface area contributed by atoms with Gasteiger partial charge in [-0.3, -0.25) is 0 Å². The van der Waals surface area contributed by atoms with Gasteiger partial charge >= 0.3 is 0 Å². The second-order valence-corrected chi connectivity index (χ2v) is 4.98. The highest BCUT2D eigenvalue weighted by atomic mass is 14.1. The van der Waals surface area contributed by atoms with Gasteiger partial charge in [-0.1, -0.05) is 61.5 Å². The maximum absolute atomic E-state index is 2.29. The van der Waals surface area contributed by atoms with Crippen LogP contribution in [-0.4, -0.2) is 0 Å². The van der Waals surface area contributed by atoms with E-state index in [0.717, 1.165) is 0 Å². The Morgan fingerprint density at radius 3 is 2.22 bits per heavy atom. The van der Waals surface area contributed by atoms with Crippen molar-refractivity contribution in [2.24, 2.45) is 0 Å².